The van der Waals surface area contributed by atoms with Crippen molar-refractivity contribution in [2.24, 2.45) is 11.8 Å². The SMILES string of the molecule is CCCC(=O)N1CC(CC2CC2)CC(NC)C1. The highest BCUT2D eigenvalue weighted by atomic mass is 16.2. The Morgan fingerprint density at radius 1 is 1.29 bits per heavy atom. The minimum Gasteiger partial charge on any atom is -0.341 e. The molecule has 1 saturated carbocycles. The maximum absolute atomic E-state index is 12.0. The molecule has 0 aromatic heterocycles. The third-order valence-electron chi connectivity index (χ3n) is 4.13. The van der Waals surface area contributed by atoms with E-state index in [4.69, 9.17) is 0 Å². The van der Waals surface area contributed by atoms with E-state index in [0.29, 0.717) is 18.4 Å². The molecular weight excluding hydrogens is 212 g/mol. The van der Waals surface area contributed by atoms with Crippen LogP contribution in [0.15, 0.2) is 0 Å². The number of likely N-dealkylation sites (N-methyl/N-ethyl adjacent to an activating group) is 1. The van der Waals surface area contributed by atoms with Gasteiger partial charge in [-0.3, -0.25) is 4.79 Å². The number of nitrogens with zero attached hydrogens (tertiary/aromatic N) is 1. The van der Waals surface area contributed by atoms with Crippen molar-refractivity contribution < 1.29 is 4.79 Å². The summed E-state index contributed by atoms with van der Waals surface area (Å²) in [5, 5.41) is 3.36. The Bertz CT molecular complexity index is 263. The van der Waals surface area contributed by atoms with Crippen LogP contribution >= 0.6 is 0 Å². The third-order valence-corrected chi connectivity index (χ3v) is 4.13. The van der Waals surface area contributed by atoms with Crippen LogP contribution in [-0.2, 0) is 4.79 Å². The van der Waals surface area contributed by atoms with E-state index in [1.807, 2.05) is 7.05 Å². The molecule has 1 aliphatic heterocycles. The van der Waals surface area contributed by atoms with E-state index in [1.54, 1.807) is 0 Å². The van der Waals surface area contributed by atoms with Crippen molar-refractivity contribution in [2.75, 3.05) is 20.1 Å². The number of piperidine rings is 1. The fourth-order valence-corrected chi connectivity index (χ4v) is 2.98. The van der Waals surface area contributed by atoms with Crippen molar-refractivity contribution in [3.63, 3.8) is 0 Å². The molecule has 2 unspecified atom stereocenters. The van der Waals surface area contributed by atoms with E-state index in [1.165, 1.54) is 25.7 Å². The molecular formula is C14H26N2O. The summed E-state index contributed by atoms with van der Waals surface area (Å²) in [4.78, 5) is 14.1. The van der Waals surface area contributed by atoms with Crippen molar-refractivity contribution in [2.45, 2.75) is 51.5 Å². The van der Waals surface area contributed by atoms with Gasteiger partial charge in [-0.25, -0.2) is 0 Å². The van der Waals surface area contributed by atoms with E-state index >= 15 is 0 Å². The molecule has 0 aromatic carbocycles. The molecule has 98 valence electrons. The molecule has 1 heterocycles. The summed E-state index contributed by atoms with van der Waals surface area (Å²) in [5.41, 5.74) is 0. The Hall–Kier alpha value is -0.570. The summed E-state index contributed by atoms with van der Waals surface area (Å²) in [5.74, 6) is 2.06. The number of amides is 1. The molecule has 2 fully saturated rings. The van der Waals surface area contributed by atoms with Crippen molar-refractivity contribution in [1.29, 1.82) is 0 Å². The molecule has 2 rings (SSSR count). The average Bonchev–Trinajstić information content (AvgIpc) is 3.13. The van der Waals surface area contributed by atoms with Crippen LogP contribution in [0.2, 0.25) is 0 Å². The maximum Gasteiger partial charge on any atom is 0.222 e. The van der Waals surface area contributed by atoms with E-state index in [-0.39, 0.29) is 0 Å². The van der Waals surface area contributed by atoms with Crippen molar-refractivity contribution >= 4 is 5.91 Å². The first-order chi connectivity index (χ1) is 8.22. The van der Waals surface area contributed by atoms with Crippen molar-refractivity contribution in [3.05, 3.63) is 0 Å². The second kappa shape index (κ2) is 5.85. The molecule has 1 amide bonds. The third kappa shape index (κ3) is 3.70. The number of hydrogen-bond donors (Lipinski definition) is 1. The Kier molecular flexibility index (Phi) is 4.43. The van der Waals surface area contributed by atoms with Crippen molar-refractivity contribution in [1.82, 2.24) is 10.2 Å². The number of carbonyl (C=O) groups excluding carboxylic acids is 1. The fraction of sp³-hybridized carbons (Fsp3) is 0.929. The van der Waals surface area contributed by atoms with Crippen LogP contribution in [0.1, 0.15) is 45.4 Å². The molecule has 1 saturated heterocycles. The molecule has 1 N–H and O–H groups in total. The first-order valence-electron chi connectivity index (χ1n) is 7.18. The largest absolute Gasteiger partial charge is 0.341 e. The number of nitrogens with one attached hydrogen (secondary N) is 1. The Balaban J connectivity index is 1.88. The molecule has 2 atom stereocenters. The summed E-state index contributed by atoms with van der Waals surface area (Å²) >= 11 is 0. The Labute approximate surface area is 105 Å². The van der Waals surface area contributed by atoms with Crippen LogP contribution in [0.5, 0.6) is 0 Å². The molecule has 0 bridgehead atoms. The standard InChI is InChI=1S/C14H26N2O/c1-3-4-14(17)16-9-12(7-11-5-6-11)8-13(10-16)15-2/h11-13,15H,3-10H2,1-2H3. The van der Waals surface area contributed by atoms with Crippen LogP contribution in [0.25, 0.3) is 0 Å². The van der Waals surface area contributed by atoms with Gasteiger partial charge in [-0.2, -0.15) is 0 Å². The molecule has 2 aliphatic rings. The number of rotatable bonds is 5. The minimum absolute atomic E-state index is 0.355. The number of hydrogen-bond acceptors (Lipinski definition) is 2. The first-order valence-corrected chi connectivity index (χ1v) is 7.18. The minimum atomic E-state index is 0.355. The Morgan fingerprint density at radius 2 is 2.06 bits per heavy atom. The molecule has 0 radical (unpaired) electrons. The zero-order valence-corrected chi connectivity index (χ0v) is 11.2. The summed E-state index contributed by atoms with van der Waals surface area (Å²) in [6.07, 6.45) is 7.11. The molecule has 1 aliphatic carbocycles. The molecule has 17 heavy (non-hydrogen) atoms. The topological polar surface area (TPSA) is 32.3 Å². The smallest absolute Gasteiger partial charge is 0.222 e. The second-order valence-corrected chi connectivity index (χ2v) is 5.82. The molecule has 0 aromatic rings. The summed E-state index contributed by atoms with van der Waals surface area (Å²) in [6, 6.07) is 0.508. The quantitative estimate of drug-likeness (QED) is 0.795. The normalized spacial score (nSPS) is 29.4. The lowest BCUT2D eigenvalue weighted by Crippen LogP contribution is -2.50. The van der Waals surface area contributed by atoms with Crippen molar-refractivity contribution in [3.8, 4) is 0 Å². The van der Waals surface area contributed by atoms with Crippen LogP contribution in [0.4, 0.5) is 0 Å². The second-order valence-electron chi connectivity index (χ2n) is 5.82. The fourth-order valence-electron chi connectivity index (χ4n) is 2.98. The molecule has 3 heteroatoms. The van der Waals surface area contributed by atoms with Gasteiger partial charge in [0.15, 0.2) is 0 Å². The van der Waals surface area contributed by atoms with Gasteiger partial charge >= 0.3 is 0 Å². The van der Waals surface area contributed by atoms with E-state index in [0.717, 1.165) is 31.3 Å². The van der Waals surface area contributed by atoms with E-state index in [9.17, 15) is 4.79 Å². The van der Waals surface area contributed by atoms with Crippen LogP contribution in [0.3, 0.4) is 0 Å². The number of carbonyl (C=O) groups is 1. The molecule has 3 nitrogen and oxygen atoms in total. The van der Waals surface area contributed by atoms with E-state index in [2.05, 4.69) is 17.1 Å². The van der Waals surface area contributed by atoms with Gasteiger partial charge in [-0.15, -0.1) is 0 Å². The highest BCUT2D eigenvalue weighted by molar-refractivity contribution is 5.76. The lowest BCUT2D eigenvalue weighted by atomic mass is 9.89. The van der Waals surface area contributed by atoms with Gasteiger partial charge in [-0.05, 0) is 38.1 Å². The number of likely N-dealkylation sites (tertiary alicyclic amines) is 1. The first kappa shape index (κ1) is 12.9. The zero-order chi connectivity index (χ0) is 12.3. The monoisotopic (exact) mass is 238 g/mol. The maximum atomic E-state index is 12.0. The van der Waals surface area contributed by atoms with Crippen LogP contribution in [0, 0.1) is 11.8 Å². The highest BCUT2D eigenvalue weighted by Crippen LogP contribution is 2.37. The predicted octanol–water partition coefficient (Wildman–Crippen LogP) is 2.02. The van der Waals surface area contributed by atoms with Gasteiger partial charge in [0.1, 0.15) is 0 Å². The van der Waals surface area contributed by atoms with Crippen LogP contribution < -0.4 is 5.32 Å². The van der Waals surface area contributed by atoms with Crippen LogP contribution in [-0.4, -0.2) is 37.0 Å². The van der Waals surface area contributed by atoms with E-state index < -0.39 is 0 Å². The summed E-state index contributed by atoms with van der Waals surface area (Å²) < 4.78 is 0. The van der Waals surface area contributed by atoms with Gasteiger partial charge in [0.25, 0.3) is 0 Å². The van der Waals surface area contributed by atoms with Gasteiger partial charge < -0.3 is 10.2 Å². The lowest BCUT2D eigenvalue weighted by molar-refractivity contribution is -0.133. The average molecular weight is 238 g/mol. The highest BCUT2D eigenvalue weighted by Gasteiger charge is 2.32. The molecule has 0 spiro atoms. The predicted molar refractivity (Wildman–Crippen MR) is 69.8 cm³/mol. The summed E-state index contributed by atoms with van der Waals surface area (Å²) in [7, 11) is 2.02. The Morgan fingerprint density at radius 3 is 2.65 bits per heavy atom. The van der Waals surface area contributed by atoms with Gasteiger partial charge in [0.2, 0.25) is 5.91 Å². The lowest BCUT2D eigenvalue weighted by Gasteiger charge is -2.38. The van der Waals surface area contributed by atoms with Gasteiger partial charge in [0, 0.05) is 25.6 Å². The zero-order valence-electron chi connectivity index (χ0n) is 11.2. The summed E-state index contributed by atoms with van der Waals surface area (Å²) in [6.45, 7) is 4.00. The van der Waals surface area contributed by atoms with Gasteiger partial charge in [-0.1, -0.05) is 19.8 Å². The van der Waals surface area contributed by atoms with Gasteiger partial charge in [0.05, 0.1) is 0 Å².